The molecule has 1 aromatic carbocycles. The third kappa shape index (κ3) is 5.12. The number of allylic oxidation sites excluding steroid dienone is 1. The first-order valence-corrected chi connectivity index (χ1v) is 11.0. The quantitative estimate of drug-likeness (QED) is 0.534. The molecule has 10 nitrogen and oxygen atoms in total. The third-order valence-electron chi connectivity index (χ3n) is 5.19. The van der Waals surface area contributed by atoms with Crippen molar-refractivity contribution in [2.45, 2.75) is 6.92 Å². The van der Waals surface area contributed by atoms with E-state index in [4.69, 9.17) is 23.4 Å². The number of aromatic nitrogens is 3. The summed E-state index contributed by atoms with van der Waals surface area (Å²) in [6.45, 7) is 5.25. The van der Waals surface area contributed by atoms with E-state index in [0.717, 1.165) is 17.0 Å². The van der Waals surface area contributed by atoms with Crippen molar-refractivity contribution in [1.82, 2.24) is 15.2 Å². The SMILES string of the molecule is C/C=C(\C=C1/COCCO1)CNc1ncccc1-c1nnc(Nc2ccc3c(c2)OCCO3)o1. The summed E-state index contributed by atoms with van der Waals surface area (Å²) in [6, 6.07) is 9.50. The summed E-state index contributed by atoms with van der Waals surface area (Å²) >= 11 is 0. The van der Waals surface area contributed by atoms with Crippen molar-refractivity contribution in [3.05, 3.63) is 60.0 Å². The predicted molar refractivity (Wildman–Crippen MR) is 125 cm³/mol. The van der Waals surface area contributed by atoms with E-state index in [1.807, 2.05) is 49.4 Å². The molecule has 2 N–H and O–H groups in total. The minimum absolute atomic E-state index is 0.259. The number of fused-ring (bicyclic) bond motifs is 1. The second-order valence-corrected chi connectivity index (χ2v) is 7.52. The molecule has 0 unspecified atom stereocenters. The second-order valence-electron chi connectivity index (χ2n) is 7.52. The van der Waals surface area contributed by atoms with E-state index in [0.29, 0.717) is 68.4 Å². The number of rotatable bonds is 7. The van der Waals surface area contributed by atoms with Crippen molar-refractivity contribution in [3.8, 4) is 23.0 Å². The summed E-state index contributed by atoms with van der Waals surface area (Å²) in [5, 5.41) is 14.8. The van der Waals surface area contributed by atoms with Crippen LogP contribution in [0.2, 0.25) is 0 Å². The Morgan fingerprint density at radius 3 is 2.76 bits per heavy atom. The maximum atomic E-state index is 5.86. The molecule has 0 radical (unpaired) electrons. The molecular formula is C24H25N5O5. The van der Waals surface area contributed by atoms with Gasteiger partial charge in [0.05, 0.1) is 12.2 Å². The van der Waals surface area contributed by atoms with E-state index >= 15 is 0 Å². The van der Waals surface area contributed by atoms with Gasteiger partial charge in [-0.05, 0) is 42.8 Å². The summed E-state index contributed by atoms with van der Waals surface area (Å²) in [5.41, 5.74) is 2.50. The lowest BCUT2D eigenvalue weighted by atomic mass is 10.2. The summed E-state index contributed by atoms with van der Waals surface area (Å²) in [7, 11) is 0. The molecule has 0 saturated carbocycles. The van der Waals surface area contributed by atoms with Gasteiger partial charge in [0.1, 0.15) is 38.0 Å². The molecule has 0 aliphatic carbocycles. The number of ether oxygens (including phenoxy) is 4. The van der Waals surface area contributed by atoms with E-state index in [2.05, 4.69) is 25.8 Å². The molecule has 0 amide bonds. The molecule has 1 saturated heterocycles. The van der Waals surface area contributed by atoms with Gasteiger partial charge in [0, 0.05) is 24.5 Å². The molecule has 3 aromatic rings. The van der Waals surface area contributed by atoms with Crippen LogP contribution < -0.4 is 20.1 Å². The van der Waals surface area contributed by atoms with Gasteiger partial charge >= 0.3 is 6.01 Å². The van der Waals surface area contributed by atoms with Crippen molar-refractivity contribution in [2.24, 2.45) is 0 Å². The van der Waals surface area contributed by atoms with Gasteiger partial charge in [0.25, 0.3) is 5.89 Å². The average Bonchev–Trinajstić information content (AvgIpc) is 3.35. The van der Waals surface area contributed by atoms with E-state index in [1.54, 1.807) is 6.20 Å². The zero-order valence-corrected chi connectivity index (χ0v) is 18.7. The lowest BCUT2D eigenvalue weighted by molar-refractivity contribution is 0.0134. The fourth-order valence-corrected chi connectivity index (χ4v) is 3.50. The Morgan fingerprint density at radius 2 is 1.91 bits per heavy atom. The average molecular weight is 463 g/mol. The molecule has 4 heterocycles. The largest absolute Gasteiger partial charge is 0.493 e. The number of hydrogen-bond acceptors (Lipinski definition) is 10. The van der Waals surface area contributed by atoms with Gasteiger partial charge in [-0.2, -0.15) is 0 Å². The van der Waals surface area contributed by atoms with E-state index in [-0.39, 0.29) is 6.01 Å². The van der Waals surface area contributed by atoms with Gasteiger partial charge in [0.15, 0.2) is 11.5 Å². The molecule has 0 bridgehead atoms. The number of nitrogens with one attached hydrogen (secondary N) is 2. The highest BCUT2D eigenvalue weighted by Gasteiger charge is 2.16. The standard InChI is InChI=1S/C24H25N5O5/c1-2-16(12-18-15-30-8-9-31-18)14-26-22-19(4-3-7-25-22)23-28-29-24(34-23)27-17-5-6-20-21(13-17)33-11-10-32-20/h2-7,12-13H,8-11,14-15H2,1H3,(H,25,26)(H,27,29)/b16-2+,18-12+. The molecule has 2 aromatic heterocycles. The smallest absolute Gasteiger partial charge is 0.320 e. The van der Waals surface area contributed by atoms with Crippen LogP contribution in [0.4, 0.5) is 17.5 Å². The molecule has 2 aliphatic rings. The van der Waals surface area contributed by atoms with Gasteiger partial charge in [-0.15, -0.1) is 5.10 Å². The van der Waals surface area contributed by atoms with Crippen LogP contribution in [-0.2, 0) is 9.47 Å². The van der Waals surface area contributed by atoms with Crippen molar-refractivity contribution >= 4 is 17.5 Å². The van der Waals surface area contributed by atoms with Crippen LogP contribution >= 0.6 is 0 Å². The molecule has 10 heteroatoms. The van der Waals surface area contributed by atoms with Crippen LogP contribution in [0.25, 0.3) is 11.5 Å². The van der Waals surface area contributed by atoms with Crippen LogP contribution in [0.5, 0.6) is 11.5 Å². The van der Waals surface area contributed by atoms with Gasteiger partial charge in [-0.25, -0.2) is 4.98 Å². The predicted octanol–water partition coefficient (Wildman–Crippen LogP) is 3.94. The number of pyridine rings is 1. The van der Waals surface area contributed by atoms with Gasteiger partial charge in [-0.1, -0.05) is 11.2 Å². The van der Waals surface area contributed by atoms with Crippen LogP contribution in [0, 0.1) is 0 Å². The summed E-state index contributed by atoms with van der Waals surface area (Å²) in [4.78, 5) is 4.46. The van der Waals surface area contributed by atoms with Crippen LogP contribution in [0.3, 0.4) is 0 Å². The van der Waals surface area contributed by atoms with Crippen molar-refractivity contribution < 1.29 is 23.4 Å². The minimum Gasteiger partial charge on any atom is -0.493 e. The lowest BCUT2D eigenvalue weighted by Gasteiger charge is -2.18. The Balaban J connectivity index is 1.28. The Labute approximate surface area is 196 Å². The van der Waals surface area contributed by atoms with E-state index < -0.39 is 0 Å². The maximum Gasteiger partial charge on any atom is 0.320 e. The second kappa shape index (κ2) is 10.3. The molecule has 176 valence electrons. The molecule has 0 atom stereocenters. The molecule has 2 aliphatic heterocycles. The molecule has 0 spiro atoms. The number of benzene rings is 1. The van der Waals surface area contributed by atoms with Crippen molar-refractivity contribution in [1.29, 1.82) is 0 Å². The van der Waals surface area contributed by atoms with Gasteiger partial charge < -0.3 is 34.0 Å². The topological polar surface area (TPSA) is 113 Å². The van der Waals surface area contributed by atoms with Crippen molar-refractivity contribution in [2.75, 3.05) is 50.2 Å². The van der Waals surface area contributed by atoms with E-state index in [9.17, 15) is 0 Å². The monoisotopic (exact) mass is 463 g/mol. The van der Waals surface area contributed by atoms with Gasteiger partial charge in [0.2, 0.25) is 0 Å². The Morgan fingerprint density at radius 1 is 1.03 bits per heavy atom. The summed E-state index contributed by atoms with van der Waals surface area (Å²) in [5.74, 6) is 3.19. The van der Waals surface area contributed by atoms with Gasteiger partial charge in [-0.3, -0.25) is 0 Å². The number of hydrogen-bond donors (Lipinski definition) is 2. The van der Waals surface area contributed by atoms with Crippen LogP contribution in [0.1, 0.15) is 6.92 Å². The normalized spacial score (nSPS) is 16.7. The minimum atomic E-state index is 0.259. The van der Waals surface area contributed by atoms with Crippen LogP contribution in [-0.4, -0.2) is 54.8 Å². The molecule has 5 rings (SSSR count). The maximum absolute atomic E-state index is 5.86. The first kappa shape index (κ1) is 21.8. The molecule has 1 fully saturated rings. The highest BCUT2D eigenvalue weighted by molar-refractivity contribution is 5.69. The first-order valence-electron chi connectivity index (χ1n) is 11.0. The fraction of sp³-hybridized carbons (Fsp3) is 0.292. The third-order valence-corrected chi connectivity index (χ3v) is 5.19. The Bertz CT molecular complexity index is 1200. The highest BCUT2D eigenvalue weighted by atomic mass is 16.6. The summed E-state index contributed by atoms with van der Waals surface area (Å²) < 4.78 is 28.1. The number of nitrogens with zero attached hydrogens (tertiary/aromatic N) is 3. The number of anilines is 3. The zero-order valence-electron chi connectivity index (χ0n) is 18.7. The van der Waals surface area contributed by atoms with Crippen LogP contribution in [0.15, 0.2) is 64.4 Å². The fourth-order valence-electron chi connectivity index (χ4n) is 3.50. The molecule has 34 heavy (non-hydrogen) atoms. The lowest BCUT2D eigenvalue weighted by Crippen LogP contribution is -2.16. The Hall–Kier alpha value is -4.05. The zero-order chi connectivity index (χ0) is 23.2. The van der Waals surface area contributed by atoms with E-state index in [1.165, 1.54) is 0 Å². The molecular weight excluding hydrogens is 438 g/mol. The summed E-state index contributed by atoms with van der Waals surface area (Å²) in [6.07, 6.45) is 5.71. The van der Waals surface area contributed by atoms with Crippen molar-refractivity contribution in [3.63, 3.8) is 0 Å². The Kier molecular flexibility index (Phi) is 6.57. The first-order chi connectivity index (χ1) is 16.8. The highest BCUT2D eigenvalue weighted by Crippen LogP contribution is 2.34.